The highest BCUT2D eigenvalue weighted by atomic mass is 35.5. The van der Waals surface area contributed by atoms with Gasteiger partial charge in [-0.1, -0.05) is 29.8 Å². The fourth-order valence-electron chi connectivity index (χ4n) is 1.58. The number of H-pyrrole nitrogens is 1. The van der Waals surface area contributed by atoms with Crippen molar-refractivity contribution in [1.82, 2.24) is 15.2 Å². The molecule has 22 heavy (non-hydrogen) atoms. The molecule has 0 bridgehead atoms. The van der Waals surface area contributed by atoms with Crippen LogP contribution in [-0.2, 0) is 0 Å². The Balaban J connectivity index is 0.000000299. The molecule has 0 saturated carbocycles. The van der Waals surface area contributed by atoms with Crippen molar-refractivity contribution in [3.05, 3.63) is 71.8 Å². The predicted molar refractivity (Wildman–Crippen MR) is 83.9 cm³/mol. The van der Waals surface area contributed by atoms with Crippen molar-refractivity contribution in [2.24, 2.45) is 0 Å². The van der Waals surface area contributed by atoms with E-state index in [1.807, 2.05) is 18.2 Å². The smallest absolute Gasteiger partial charge is 0.259 e. The van der Waals surface area contributed by atoms with E-state index >= 15 is 0 Å². The summed E-state index contributed by atoms with van der Waals surface area (Å²) in [5.74, 6) is -0.487. The number of carbonyl (C=O) groups is 1. The molecule has 3 rings (SSSR count). The minimum absolute atomic E-state index is 0.0946. The first kappa shape index (κ1) is 15.5. The minimum Gasteiger partial charge on any atom is -0.507 e. The highest BCUT2D eigenvalue weighted by Gasteiger charge is 2.11. The average molecular weight is 317 g/mol. The highest BCUT2D eigenvalue weighted by molar-refractivity contribution is 6.31. The van der Waals surface area contributed by atoms with Gasteiger partial charge in [-0.2, -0.15) is 5.10 Å². The summed E-state index contributed by atoms with van der Waals surface area (Å²) in [5, 5.41) is 18.6. The van der Waals surface area contributed by atoms with E-state index in [9.17, 15) is 9.90 Å². The standard InChI is InChI=1S/C13H10ClNO2.C2H3N3/c14-9-6-7-12(16)11(8-9)13(17)15-10-4-2-1-3-5-10;1-3-2-5-4-1/h1-8,16H,(H,15,17);1-2H,(H,3,4,5). The van der Waals surface area contributed by atoms with Crippen molar-refractivity contribution in [1.29, 1.82) is 0 Å². The van der Waals surface area contributed by atoms with Gasteiger partial charge in [-0.15, -0.1) is 0 Å². The Morgan fingerprint density at radius 2 is 1.95 bits per heavy atom. The maximum Gasteiger partial charge on any atom is 0.259 e. The molecule has 0 spiro atoms. The summed E-state index contributed by atoms with van der Waals surface area (Å²) in [6.45, 7) is 0. The zero-order chi connectivity index (χ0) is 15.8. The number of hydrogen-bond acceptors (Lipinski definition) is 4. The molecule has 1 heterocycles. The van der Waals surface area contributed by atoms with E-state index in [4.69, 9.17) is 11.6 Å². The minimum atomic E-state index is -0.392. The van der Waals surface area contributed by atoms with Gasteiger partial charge in [0, 0.05) is 10.7 Å². The van der Waals surface area contributed by atoms with Crippen LogP contribution in [0.15, 0.2) is 61.2 Å². The maximum absolute atomic E-state index is 11.9. The number of para-hydroxylation sites is 1. The van der Waals surface area contributed by atoms with Crippen LogP contribution in [0, 0.1) is 0 Å². The second kappa shape index (κ2) is 7.80. The number of benzene rings is 2. The van der Waals surface area contributed by atoms with E-state index in [0.29, 0.717) is 10.7 Å². The third kappa shape index (κ3) is 4.60. The number of phenols is 1. The molecule has 0 aliphatic heterocycles. The summed E-state index contributed by atoms with van der Waals surface area (Å²) >= 11 is 5.77. The Labute approximate surface area is 131 Å². The SMILES string of the molecule is O=C(Nc1ccccc1)c1cc(Cl)ccc1O.c1nc[nH]n1. The van der Waals surface area contributed by atoms with Crippen molar-refractivity contribution in [2.75, 3.05) is 5.32 Å². The number of anilines is 1. The molecule has 0 atom stereocenters. The van der Waals surface area contributed by atoms with Crippen LogP contribution in [0.25, 0.3) is 0 Å². The van der Waals surface area contributed by atoms with Crippen molar-refractivity contribution >= 4 is 23.2 Å². The van der Waals surface area contributed by atoms with E-state index in [1.165, 1.54) is 30.9 Å². The number of phenolic OH excluding ortho intramolecular Hbond substituents is 1. The number of hydrogen-bond donors (Lipinski definition) is 3. The third-order valence-electron chi connectivity index (χ3n) is 2.57. The van der Waals surface area contributed by atoms with E-state index in [-0.39, 0.29) is 11.3 Å². The molecule has 0 unspecified atom stereocenters. The monoisotopic (exact) mass is 316 g/mol. The van der Waals surface area contributed by atoms with Gasteiger partial charge < -0.3 is 10.4 Å². The second-order valence-electron chi connectivity index (χ2n) is 4.13. The Hall–Kier alpha value is -2.86. The van der Waals surface area contributed by atoms with Crippen LogP contribution in [0.4, 0.5) is 5.69 Å². The lowest BCUT2D eigenvalue weighted by Crippen LogP contribution is -2.11. The van der Waals surface area contributed by atoms with Crippen LogP contribution < -0.4 is 5.32 Å². The molecule has 1 amide bonds. The number of halogens is 1. The Morgan fingerprint density at radius 1 is 1.18 bits per heavy atom. The van der Waals surface area contributed by atoms with E-state index in [1.54, 1.807) is 12.1 Å². The molecular weight excluding hydrogens is 304 g/mol. The number of rotatable bonds is 2. The fourth-order valence-corrected chi connectivity index (χ4v) is 1.75. The van der Waals surface area contributed by atoms with Gasteiger partial charge in [0.1, 0.15) is 18.4 Å². The first-order valence-corrected chi connectivity index (χ1v) is 6.68. The van der Waals surface area contributed by atoms with Gasteiger partial charge in [0.15, 0.2) is 0 Å². The molecule has 1 aromatic heterocycles. The topological polar surface area (TPSA) is 90.9 Å². The molecule has 3 aromatic rings. The highest BCUT2D eigenvalue weighted by Crippen LogP contribution is 2.22. The molecule has 0 aliphatic carbocycles. The van der Waals surface area contributed by atoms with Gasteiger partial charge in [-0.05, 0) is 30.3 Å². The lowest BCUT2D eigenvalue weighted by atomic mass is 10.2. The summed E-state index contributed by atoms with van der Waals surface area (Å²) in [5.41, 5.74) is 0.818. The van der Waals surface area contributed by atoms with E-state index in [2.05, 4.69) is 20.5 Å². The summed E-state index contributed by atoms with van der Waals surface area (Å²) in [6.07, 6.45) is 2.96. The Bertz CT molecular complexity index is 700. The quantitative estimate of drug-likeness (QED) is 0.677. The zero-order valence-electron chi connectivity index (χ0n) is 11.4. The lowest BCUT2D eigenvalue weighted by Gasteiger charge is -2.06. The van der Waals surface area contributed by atoms with Gasteiger partial charge >= 0.3 is 0 Å². The van der Waals surface area contributed by atoms with Crippen molar-refractivity contribution < 1.29 is 9.90 Å². The summed E-state index contributed by atoms with van der Waals surface area (Å²) in [6, 6.07) is 13.3. The van der Waals surface area contributed by atoms with E-state index < -0.39 is 5.91 Å². The van der Waals surface area contributed by atoms with Crippen LogP contribution >= 0.6 is 11.6 Å². The molecule has 0 aliphatic rings. The molecule has 0 fully saturated rings. The number of nitrogens with zero attached hydrogens (tertiary/aromatic N) is 2. The molecule has 7 heteroatoms. The maximum atomic E-state index is 11.9. The third-order valence-corrected chi connectivity index (χ3v) is 2.80. The molecule has 112 valence electrons. The van der Waals surface area contributed by atoms with Gasteiger partial charge in [0.05, 0.1) is 5.56 Å². The normalized spacial score (nSPS) is 9.50. The van der Waals surface area contributed by atoms with Crippen molar-refractivity contribution in [2.45, 2.75) is 0 Å². The first-order valence-electron chi connectivity index (χ1n) is 6.30. The molecule has 0 saturated heterocycles. The number of aromatic nitrogens is 3. The number of amides is 1. The van der Waals surface area contributed by atoms with Crippen LogP contribution in [0.3, 0.4) is 0 Å². The Morgan fingerprint density at radius 3 is 2.55 bits per heavy atom. The molecule has 3 N–H and O–H groups in total. The molecular formula is C15H13ClN4O2. The summed E-state index contributed by atoms with van der Waals surface area (Å²) in [4.78, 5) is 15.4. The van der Waals surface area contributed by atoms with Crippen molar-refractivity contribution in [3.8, 4) is 5.75 Å². The fraction of sp³-hybridized carbons (Fsp3) is 0. The number of carbonyl (C=O) groups excluding carboxylic acids is 1. The lowest BCUT2D eigenvalue weighted by molar-refractivity contribution is 0.102. The Kier molecular flexibility index (Phi) is 5.50. The number of aromatic amines is 1. The van der Waals surface area contributed by atoms with Crippen LogP contribution in [0.5, 0.6) is 5.75 Å². The number of aromatic hydroxyl groups is 1. The van der Waals surface area contributed by atoms with Gasteiger partial charge in [0.2, 0.25) is 0 Å². The van der Waals surface area contributed by atoms with Crippen LogP contribution in [0.1, 0.15) is 10.4 Å². The van der Waals surface area contributed by atoms with Crippen LogP contribution in [-0.4, -0.2) is 26.2 Å². The molecule has 0 radical (unpaired) electrons. The molecule has 2 aromatic carbocycles. The molecule has 6 nitrogen and oxygen atoms in total. The van der Waals surface area contributed by atoms with E-state index in [0.717, 1.165) is 0 Å². The zero-order valence-corrected chi connectivity index (χ0v) is 12.2. The average Bonchev–Trinajstić information content (AvgIpc) is 3.10. The largest absolute Gasteiger partial charge is 0.507 e. The van der Waals surface area contributed by atoms with Crippen molar-refractivity contribution in [3.63, 3.8) is 0 Å². The van der Waals surface area contributed by atoms with Gasteiger partial charge in [-0.3, -0.25) is 9.89 Å². The summed E-state index contributed by atoms with van der Waals surface area (Å²) < 4.78 is 0. The first-order chi connectivity index (χ1) is 10.7. The van der Waals surface area contributed by atoms with Gasteiger partial charge in [-0.25, -0.2) is 4.98 Å². The summed E-state index contributed by atoms with van der Waals surface area (Å²) in [7, 11) is 0. The van der Waals surface area contributed by atoms with Crippen LogP contribution in [0.2, 0.25) is 5.02 Å². The second-order valence-corrected chi connectivity index (χ2v) is 4.57. The predicted octanol–water partition coefficient (Wildman–Crippen LogP) is 3.10. The van der Waals surface area contributed by atoms with Gasteiger partial charge in [0.25, 0.3) is 5.91 Å². The number of nitrogens with one attached hydrogen (secondary N) is 2.